The highest BCUT2D eigenvalue weighted by Gasteiger charge is 2.18. The van der Waals surface area contributed by atoms with E-state index in [-0.39, 0.29) is 11.5 Å². The van der Waals surface area contributed by atoms with Crippen LogP contribution in [0.1, 0.15) is 31.4 Å². The zero-order chi connectivity index (χ0) is 20.4. The predicted octanol–water partition coefficient (Wildman–Crippen LogP) is 3.44. The molecule has 3 rings (SSSR count). The lowest BCUT2D eigenvalue weighted by atomic mass is 10.00. The van der Waals surface area contributed by atoms with Crippen LogP contribution in [0.15, 0.2) is 59.5 Å². The van der Waals surface area contributed by atoms with Crippen LogP contribution in [0, 0.1) is 0 Å². The number of fused-ring (bicyclic) bond motifs is 1. The van der Waals surface area contributed by atoms with Crippen LogP contribution in [0.3, 0.4) is 0 Å². The monoisotopic (exact) mass is 397 g/mol. The fourth-order valence-corrected chi connectivity index (χ4v) is 3.11. The molecule has 0 fully saturated rings. The first-order valence-electron chi connectivity index (χ1n) is 8.79. The second kappa shape index (κ2) is 7.86. The molecule has 2 atom stereocenters. The first kappa shape index (κ1) is 19.6. The Labute approximate surface area is 166 Å². The van der Waals surface area contributed by atoms with Crippen molar-refractivity contribution >= 4 is 39.9 Å². The Morgan fingerprint density at radius 1 is 1.04 bits per heavy atom. The molecule has 2 amide bonds. The molecule has 1 heterocycles. The number of aromatic nitrogens is 1. The summed E-state index contributed by atoms with van der Waals surface area (Å²) in [4.78, 5) is 36.9. The Kier molecular flexibility index (Phi) is 5.51. The van der Waals surface area contributed by atoms with Crippen molar-refractivity contribution < 1.29 is 9.59 Å². The van der Waals surface area contributed by atoms with Gasteiger partial charge in [-0.15, -0.1) is 0 Å². The Morgan fingerprint density at radius 2 is 1.71 bits per heavy atom. The fraction of sp³-hybridized carbons (Fsp3) is 0.190. The molecule has 7 heteroatoms. The Balaban J connectivity index is 1.94. The number of halogens is 1. The van der Waals surface area contributed by atoms with E-state index < -0.39 is 17.9 Å². The number of hydrogen-bond donors (Lipinski definition) is 2. The summed E-state index contributed by atoms with van der Waals surface area (Å²) in [5.41, 5.74) is 6.33. The molecule has 2 aromatic carbocycles. The number of nitrogens with two attached hydrogens (primary N) is 1. The molecule has 0 saturated heterocycles. The molecule has 3 aromatic rings. The number of hydrogen-bond acceptors (Lipinski definition) is 3. The summed E-state index contributed by atoms with van der Waals surface area (Å²) in [5.74, 6) is -1.20. The van der Waals surface area contributed by atoms with E-state index in [1.165, 1.54) is 10.8 Å². The maximum Gasteiger partial charge on any atom is 0.259 e. The van der Waals surface area contributed by atoms with Crippen molar-refractivity contribution in [2.75, 3.05) is 5.32 Å². The van der Waals surface area contributed by atoms with Gasteiger partial charge in [0.15, 0.2) is 0 Å². The summed E-state index contributed by atoms with van der Waals surface area (Å²) in [6, 6.07) is 13.1. The third-order valence-electron chi connectivity index (χ3n) is 4.82. The second-order valence-corrected chi connectivity index (χ2v) is 7.07. The van der Waals surface area contributed by atoms with Crippen molar-refractivity contribution in [3.8, 4) is 0 Å². The summed E-state index contributed by atoms with van der Waals surface area (Å²) in [7, 11) is 0. The molecule has 28 heavy (non-hydrogen) atoms. The highest BCUT2D eigenvalue weighted by molar-refractivity contribution is 6.30. The highest BCUT2D eigenvalue weighted by atomic mass is 35.5. The number of anilines is 1. The number of carbonyl (C=O) groups is 2. The van der Waals surface area contributed by atoms with E-state index in [2.05, 4.69) is 5.32 Å². The largest absolute Gasteiger partial charge is 0.368 e. The molecular formula is C21H20ClN3O3. The van der Waals surface area contributed by atoms with Crippen molar-refractivity contribution in [2.24, 2.45) is 5.73 Å². The normalized spacial score (nSPS) is 13.1. The van der Waals surface area contributed by atoms with Gasteiger partial charge in [0.25, 0.3) is 5.56 Å². The molecule has 0 saturated carbocycles. The number of benzene rings is 2. The lowest BCUT2D eigenvalue weighted by Gasteiger charge is -2.16. The SMILES string of the molecule is C[C@H](C(=O)Nc1cccc2c(=O)n([C@@H](C)C(N)=O)ccc12)c1ccc(Cl)cc1. The minimum absolute atomic E-state index is 0.204. The third-order valence-corrected chi connectivity index (χ3v) is 5.07. The molecule has 6 nitrogen and oxygen atoms in total. The first-order valence-corrected chi connectivity index (χ1v) is 9.17. The van der Waals surface area contributed by atoms with Gasteiger partial charge in [-0.05, 0) is 49.7 Å². The van der Waals surface area contributed by atoms with Crippen LogP contribution in [-0.2, 0) is 9.59 Å². The van der Waals surface area contributed by atoms with Crippen LogP contribution in [0.5, 0.6) is 0 Å². The van der Waals surface area contributed by atoms with Gasteiger partial charge in [-0.3, -0.25) is 14.4 Å². The number of carbonyl (C=O) groups excluding carboxylic acids is 2. The van der Waals surface area contributed by atoms with Crippen molar-refractivity contribution in [1.82, 2.24) is 4.57 Å². The standard InChI is InChI=1S/C21H20ClN3O3/c1-12(14-6-8-15(22)9-7-14)20(27)24-18-5-3-4-17-16(18)10-11-25(21(17)28)13(2)19(23)26/h3-13H,1-2H3,(H2,23,26)(H,24,27)/t12-,13-/m0/s1. The lowest BCUT2D eigenvalue weighted by Crippen LogP contribution is -2.31. The number of pyridine rings is 1. The van der Waals surface area contributed by atoms with Gasteiger partial charge in [0.1, 0.15) is 6.04 Å². The van der Waals surface area contributed by atoms with Gasteiger partial charge in [-0.25, -0.2) is 0 Å². The second-order valence-electron chi connectivity index (χ2n) is 6.64. The summed E-state index contributed by atoms with van der Waals surface area (Å²) >= 11 is 5.90. The van der Waals surface area contributed by atoms with Crippen LogP contribution < -0.4 is 16.6 Å². The molecule has 0 aliphatic heterocycles. The molecule has 0 aliphatic rings. The molecule has 144 valence electrons. The molecule has 0 spiro atoms. The summed E-state index contributed by atoms with van der Waals surface area (Å²) in [6.07, 6.45) is 1.51. The number of primary amides is 1. The topological polar surface area (TPSA) is 94.2 Å². The van der Waals surface area contributed by atoms with Gasteiger partial charge < -0.3 is 15.6 Å². The summed E-state index contributed by atoms with van der Waals surface area (Å²) in [5, 5.41) is 4.48. The minimum Gasteiger partial charge on any atom is -0.368 e. The molecule has 0 aliphatic carbocycles. The quantitative estimate of drug-likeness (QED) is 0.690. The maximum atomic E-state index is 12.7. The number of amides is 2. The smallest absolute Gasteiger partial charge is 0.259 e. The minimum atomic E-state index is -0.764. The zero-order valence-electron chi connectivity index (χ0n) is 15.5. The van der Waals surface area contributed by atoms with Crippen LogP contribution in [0.2, 0.25) is 5.02 Å². The fourth-order valence-electron chi connectivity index (χ4n) is 2.99. The molecule has 0 radical (unpaired) electrons. The zero-order valence-corrected chi connectivity index (χ0v) is 16.2. The molecule has 0 unspecified atom stereocenters. The van der Waals surface area contributed by atoms with Crippen LogP contribution in [0.4, 0.5) is 5.69 Å². The Hall–Kier alpha value is -3.12. The Bertz CT molecular complexity index is 1110. The van der Waals surface area contributed by atoms with E-state index in [0.717, 1.165) is 5.56 Å². The van der Waals surface area contributed by atoms with E-state index in [4.69, 9.17) is 17.3 Å². The molecule has 1 aromatic heterocycles. The average Bonchev–Trinajstić information content (AvgIpc) is 2.68. The number of nitrogens with one attached hydrogen (secondary N) is 1. The maximum absolute atomic E-state index is 12.7. The highest BCUT2D eigenvalue weighted by Crippen LogP contribution is 2.24. The van der Waals surface area contributed by atoms with Crippen LogP contribution in [-0.4, -0.2) is 16.4 Å². The van der Waals surface area contributed by atoms with Crippen molar-refractivity contribution in [2.45, 2.75) is 25.8 Å². The van der Waals surface area contributed by atoms with Gasteiger partial charge >= 0.3 is 0 Å². The molecule has 0 bridgehead atoms. The van der Waals surface area contributed by atoms with E-state index >= 15 is 0 Å². The number of rotatable bonds is 5. The summed E-state index contributed by atoms with van der Waals surface area (Å²) in [6.45, 7) is 3.36. The van der Waals surface area contributed by atoms with Crippen LogP contribution in [0.25, 0.3) is 10.8 Å². The lowest BCUT2D eigenvalue weighted by molar-refractivity contribution is -0.120. The van der Waals surface area contributed by atoms with Crippen molar-refractivity contribution in [3.05, 3.63) is 75.7 Å². The van der Waals surface area contributed by atoms with E-state index in [1.807, 2.05) is 0 Å². The molecular weight excluding hydrogens is 378 g/mol. The van der Waals surface area contributed by atoms with E-state index in [0.29, 0.717) is 21.5 Å². The van der Waals surface area contributed by atoms with Gasteiger partial charge in [-0.2, -0.15) is 0 Å². The van der Waals surface area contributed by atoms with E-state index in [1.54, 1.807) is 62.4 Å². The molecule has 3 N–H and O–H groups in total. The van der Waals surface area contributed by atoms with Crippen molar-refractivity contribution in [1.29, 1.82) is 0 Å². The van der Waals surface area contributed by atoms with Gasteiger partial charge in [-0.1, -0.05) is 29.8 Å². The predicted molar refractivity (Wildman–Crippen MR) is 111 cm³/mol. The van der Waals surface area contributed by atoms with E-state index in [9.17, 15) is 14.4 Å². The van der Waals surface area contributed by atoms with Gasteiger partial charge in [0.2, 0.25) is 11.8 Å². The van der Waals surface area contributed by atoms with Gasteiger partial charge in [0, 0.05) is 27.7 Å². The first-order chi connectivity index (χ1) is 13.3. The van der Waals surface area contributed by atoms with Crippen LogP contribution >= 0.6 is 11.6 Å². The summed E-state index contributed by atoms with van der Waals surface area (Å²) < 4.78 is 1.28. The van der Waals surface area contributed by atoms with Gasteiger partial charge in [0.05, 0.1) is 5.92 Å². The third kappa shape index (κ3) is 3.77. The average molecular weight is 398 g/mol. The Morgan fingerprint density at radius 3 is 2.36 bits per heavy atom. The number of nitrogens with zero attached hydrogens (tertiary/aromatic N) is 1. The van der Waals surface area contributed by atoms with Crippen molar-refractivity contribution in [3.63, 3.8) is 0 Å².